The molecule has 0 aliphatic carbocycles. The molecule has 0 radical (unpaired) electrons. The zero-order valence-electron chi connectivity index (χ0n) is 20.5. The molecule has 12 nitrogen and oxygen atoms in total. The molecule has 0 bridgehead atoms. The van der Waals surface area contributed by atoms with Gasteiger partial charge in [0, 0.05) is 29.5 Å². The number of hydrogen-bond donors (Lipinski definition) is 5. The first-order chi connectivity index (χ1) is 17.2. The Morgan fingerprint density at radius 1 is 1.33 bits per heavy atom. The van der Waals surface area contributed by atoms with Crippen molar-refractivity contribution in [3.8, 4) is 11.5 Å². The first-order valence-corrected chi connectivity index (χ1v) is 12.6. The highest BCUT2D eigenvalue weighted by Gasteiger charge is 2.32. The Bertz CT molecular complexity index is 957. The number of hydrogen-bond acceptors (Lipinski definition) is 10. The summed E-state index contributed by atoms with van der Waals surface area (Å²) < 4.78 is 15.8. The third-order valence-electron chi connectivity index (χ3n) is 5.28. The number of cyclic esters (lactones) is 1. The lowest BCUT2D eigenvalue weighted by Gasteiger charge is -2.26. The van der Waals surface area contributed by atoms with Crippen molar-refractivity contribution in [1.29, 1.82) is 0 Å². The second kappa shape index (κ2) is 14.4. The lowest BCUT2D eigenvalue weighted by atomic mass is 9.99. The second-order valence-corrected chi connectivity index (χ2v) is 9.02. The third kappa shape index (κ3) is 7.92. The van der Waals surface area contributed by atoms with Crippen molar-refractivity contribution in [1.82, 2.24) is 16.0 Å². The van der Waals surface area contributed by atoms with Crippen LogP contribution in [0.5, 0.6) is 11.5 Å². The highest BCUT2D eigenvalue weighted by molar-refractivity contribution is 7.99. The van der Waals surface area contributed by atoms with E-state index in [2.05, 4.69) is 16.0 Å². The molecule has 36 heavy (non-hydrogen) atoms. The molecule has 13 heteroatoms. The number of thioether (sulfide) groups is 1. The van der Waals surface area contributed by atoms with Crippen LogP contribution in [0.1, 0.15) is 53.0 Å². The van der Waals surface area contributed by atoms with Crippen LogP contribution in [0.15, 0.2) is 6.07 Å². The molecule has 2 atom stereocenters. The van der Waals surface area contributed by atoms with Gasteiger partial charge in [-0.05, 0) is 13.3 Å². The highest BCUT2D eigenvalue weighted by Crippen LogP contribution is 2.41. The Labute approximate surface area is 213 Å². The van der Waals surface area contributed by atoms with E-state index >= 15 is 0 Å². The molecule has 0 saturated heterocycles. The van der Waals surface area contributed by atoms with E-state index < -0.39 is 35.3 Å². The number of benzene rings is 1. The summed E-state index contributed by atoms with van der Waals surface area (Å²) in [4.78, 5) is 50.6. The summed E-state index contributed by atoms with van der Waals surface area (Å²) >= 11 is 0.998. The third-order valence-corrected chi connectivity index (χ3v) is 6.49. The van der Waals surface area contributed by atoms with Crippen molar-refractivity contribution in [2.75, 3.05) is 39.2 Å². The lowest BCUT2D eigenvalue weighted by molar-refractivity contribution is -0.128. The molecular weight excluding hydrogens is 494 g/mol. The molecular formula is C23H33N3O9S. The van der Waals surface area contributed by atoms with Crippen LogP contribution in [0, 0.1) is 6.92 Å². The molecule has 5 N–H and O–H groups in total. The summed E-state index contributed by atoms with van der Waals surface area (Å²) in [6.45, 7) is 3.13. The number of phenolic OH excluding ortho intramolecular Hbond substituents is 1. The van der Waals surface area contributed by atoms with Crippen molar-refractivity contribution < 1.29 is 43.6 Å². The number of amides is 3. The summed E-state index contributed by atoms with van der Waals surface area (Å²) in [5.41, 5.74) is 0.387. The van der Waals surface area contributed by atoms with E-state index in [9.17, 15) is 24.3 Å². The number of nitrogens with one attached hydrogen (secondary N) is 3. The van der Waals surface area contributed by atoms with Gasteiger partial charge in [0.15, 0.2) is 0 Å². The number of alkyl carbamates (subject to hydrolysis) is 1. The molecule has 0 fully saturated rings. The van der Waals surface area contributed by atoms with Crippen LogP contribution in [-0.2, 0) is 19.1 Å². The van der Waals surface area contributed by atoms with Crippen LogP contribution in [0.4, 0.5) is 4.79 Å². The minimum atomic E-state index is -1.06. The standard InChI is InChI=1S/C23H33N3O9S/c1-4-5-9-35-23(32)26-21-19-15(28)11-16(33-3)13(2)18(19)22(31)34-10-6-17(29)25-14(12-36-21)20(30)24-7-8-27/h11,14,21,27-28H,4-10,12H2,1-3H3,(H,24,30)(H,25,29)(H,26,32). The highest BCUT2D eigenvalue weighted by atomic mass is 32.2. The molecule has 2 unspecified atom stereocenters. The number of fused-ring (bicyclic) bond motifs is 1. The largest absolute Gasteiger partial charge is 0.507 e. The summed E-state index contributed by atoms with van der Waals surface area (Å²) in [6.07, 6.45) is 0.472. The summed E-state index contributed by atoms with van der Waals surface area (Å²) in [6, 6.07) is 0.285. The summed E-state index contributed by atoms with van der Waals surface area (Å²) in [5, 5.41) is 26.6. The Morgan fingerprint density at radius 2 is 2.08 bits per heavy atom. The van der Waals surface area contributed by atoms with E-state index in [-0.39, 0.29) is 61.2 Å². The quantitative estimate of drug-likeness (QED) is 0.244. The van der Waals surface area contributed by atoms with Crippen molar-refractivity contribution in [3.05, 3.63) is 22.8 Å². The Kier molecular flexibility index (Phi) is 11.6. The van der Waals surface area contributed by atoms with Gasteiger partial charge < -0.3 is 40.4 Å². The first-order valence-electron chi connectivity index (χ1n) is 11.5. The Hall–Kier alpha value is -3.19. The van der Waals surface area contributed by atoms with Crippen LogP contribution in [-0.4, -0.2) is 79.4 Å². The zero-order chi connectivity index (χ0) is 26.7. The van der Waals surface area contributed by atoms with Crippen LogP contribution in [0.2, 0.25) is 0 Å². The molecule has 0 aromatic heterocycles. The maximum Gasteiger partial charge on any atom is 0.408 e. The fourth-order valence-electron chi connectivity index (χ4n) is 3.41. The Morgan fingerprint density at radius 3 is 2.75 bits per heavy atom. The van der Waals surface area contributed by atoms with Crippen molar-refractivity contribution in [2.45, 2.75) is 44.5 Å². The minimum Gasteiger partial charge on any atom is -0.507 e. The molecule has 0 saturated carbocycles. The molecule has 200 valence electrons. The van der Waals surface area contributed by atoms with E-state index in [1.54, 1.807) is 6.92 Å². The number of methoxy groups -OCH3 is 1. The smallest absolute Gasteiger partial charge is 0.408 e. The monoisotopic (exact) mass is 527 g/mol. The van der Waals surface area contributed by atoms with Gasteiger partial charge in [-0.3, -0.25) is 9.59 Å². The van der Waals surface area contributed by atoms with E-state index in [0.717, 1.165) is 18.2 Å². The predicted molar refractivity (Wildman–Crippen MR) is 131 cm³/mol. The number of unbranched alkanes of at least 4 members (excludes halogenated alkanes) is 1. The number of carbonyl (C=O) groups excluding carboxylic acids is 4. The molecule has 1 aliphatic heterocycles. The van der Waals surface area contributed by atoms with Crippen LogP contribution >= 0.6 is 11.8 Å². The number of phenols is 1. The molecule has 1 aromatic rings. The van der Waals surface area contributed by atoms with Gasteiger partial charge in [-0.15, -0.1) is 11.8 Å². The number of ether oxygens (including phenoxy) is 3. The fraction of sp³-hybridized carbons (Fsp3) is 0.565. The first kappa shape index (κ1) is 29.0. The molecule has 2 rings (SSSR count). The van der Waals surface area contributed by atoms with Gasteiger partial charge in [0.1, 0.15) is 29.5 Å². The van der Waals surface area contributed by atoms with Crippen molar-refractivity contribution in [3.63, 3.8) is 0 Å². The normalized spacial score (nSPS) is 18.4. The lowest BCUT2D eigenvalue weighted by Crippen LogP contribution is -2.49. The minimum absolute atomic E-state index is 0.0124. The SMILES string of the molecule is CCCCOC(=O)NC1SCC(C(=O)NCCO)NC(=O)CCOC(=O)c2c(C)c(OC)cc(O)c21. The van der Waals surface area contributed by atoms with Crippen molar-refractivity contribution >= 4 is 35.6 Å². The van der Waals surface area contributed by atoms with E-state index in [4.69, 9.17) is 19.3 Å². The maximum atomic E-state index is 13.0. The Balaban J connectivity index is 2.52. The number of rotatable bonds is 8. The number of aliphatic hydroxyl groups excluding tert-OH is 1. The van der Waals surface area contributed by atoms with Gasteiger partial charge in [0.25, 0.3) is 0 Å². The van der Waals surface area contributed by atoms with E-state index in [1.807, 2.05) is 6.92 Å². The maximum absolute atomic E-state index is 13.0. The van der Waals surface area contributed by atoms with Crippen LogP contribution in [0.3, 0.4) is 0 Å². The van der Waals surface area contributed by atoms with Gasteiger partial charge in [0.2, 0.25) is 11.8 Å². The fourth-order valence-corrected chi connectivity index (χ4v) is 4.62. The topological polar surface area (TPSA) is 173 Å². The molecule has 1 aliphatic rings. The van der Waals surface area contributed by atoms with Gasteiger partial charge in [-0.2, -0.15) is 0 Å². The van der Waals surface area contributed by atoms with Crippen molar-refractivity contribution in [2.24, 2.45) is 0 Å². The van der Waals surface area contributed by atoms with Gasteiger partial charge in [-0.25, -0.2) is 9.59 Å². The second-order valence-electron chi connectivity index (χ2n) is 7.88. The van der Waals surface area contributed by atoms with Gasteiger partial charge in [0.05, 0.1) is 32.3 Å². The van der Waals surface area contributed by atoms with Crippen LogP contribution < -0.4 is 20.7 Å². The number of aliphatic hydroxyl groups is 1. The van der Waals surface area contributed by atoms with E-state index in [0.29, 0.717) is 12.0 Å². The predicted octanol–water partition coefficient (Wildman–Crippen LogP) is 1.12. The number of aromatic hydroxyl groups is 1. The van der Waals surface area contributed by atoms with Gasteiger partial charge in [-0.1, -0.05) is 13.3 Å². The zero-order valence-corrected chi connectivity index (χ0v) is 21.4. The molecule has 3 amide bonds. The number of carbonyl (C=O) groups is 4. The molecule has 1 aromatic carbocycles. The van der Waals surface area contributed by atoms with E-state index in [1.165, 1.54) is 13.2 Å². The summed E-state index contributed by atoms with van der Waals surface area (Å²) in [5.74, 6) is -2.03. The summed E-state index contributed by atoms with van der Waals surface area (Å²) in [7, 11) is 1.38. The molecule has 0 spiro atoms. The molecule has 1 heterocycles. The number of esters is 1. The van der Waals surface area contributed by atoms with Gasteiger partial charge >= 0.3 is 12.1 Å². The van der Waals surface area contributed by atoms with Crippen LogP contribution in [0.25, 0.3) is 0 Å². The average Bonchev–Trinajstić information content (AvgIpc) is 2.84. The average molecular weight is 528 g/mol.